The first-order valence-corrected chi connectivity index (χ1v) is 10.0. The van der Waals surface area contributed by atoms with Crippen molar-refractivity contribution in [2.75, 3.05) is 19.6 Å². The van der Waals surface area contributed by atoms with Gasteiger partial charge in [-0.05, 0) is 45.2 Å². The summed E-state index contributed by atoms with van der Waals surface area (Å²) in [5, 5.41) is 6.62. The first kappa shape index (κ1) is 25.2. The van der Waals surface area contributed by atoms with Crippen molar-refractivity contribution in [1.82, 2.24) is 20.2 Å². The van der Waals surface area contributed by atoms with Gasteiger partial charge in [-0.2, -0.15) is 0 Å². The molecule has 1 heterocycles. The molecule has 2 aromatic rings. The van der Waals surface area contributed by atoms with E-state index in [4.69, 9.17) is 4.74 Å². The number of benzene rings is 1. The summed E-state index contributed by atoms with van der Waals surface area (Å²) < 4.78 is 21.3. The van der Waals surface area contributed by atoms with Crippen LogP contribution < -0.4 is 15.4 Å². The van der Waals surface area contributed by atoms with Crippen LogP contribution >= 0.6 is 24.0 Å². The molecule has 1 atom stereocenters. The summed E-state index contributed by atoms with van der Waals surface area (Å²) >= 11 is 0. The Morgan fingerprint density at radius 3 is 2.76 bits per heavy atom. The third kappa shape index (κ3) is 9.47. The van der Waals surface area contributed by atoms with Crippen molar-refractivity contribution in [3.05, 3.63) is 48.3 Å². The highest BCUT2D eigenvalue weighted by molar-refractivity contribution is 14.0. The molecule has 2 N–H and O–H groups in total. The third-order valence-electron chi connectivity index (χ3n) is 4.39. The number of hydrogen-bond acceptors (Lipinski definition) is 3. The maximum atomic E-state index is 13.3. The minimum atomic E-state index is -0.295. The van der Waals surface area contributed by atoms with Gasteiger partial charge in [-0.3, -0.25) is 0 Å². The lowest BCUT2D eigenvalue weighted by atomic mass is 10.2. The van der Waals surface area contributed by atoms with Crippen LogP contribution in [0.15, 0.2) is 41.7 Å². The summed E-state index contributed by atoms with van der Waals surface area (Å²) in [6, 6.07) is 6.23. The van der Waals surface area contributed by atoms with Gasteiger partial charge in [-0.15, -0.1) is 24.0 Å². The van der Waals surface area contributed by atoms with E-state index in [0.29, 0.717) is 12.3 Å². The minimum absolute atomic E-state index is 0. The molecule has 29 heavy (non-hydrogen) atoms. The number of guanidine groups is 1. The fourth-order valence-electron chi connectivity index (χ4n) is 2.77. The van der Waals surface area contributed by atoms with Crippen LogP contribution in [0.4, 0.5) is 4.39 Å². The van der Waals surface area contributed by atoms with Gasteiger partial charge < -0.3 is 19.9 Å². The SMILES string of the molecule is CCNC(=NCC(CC)Oc1cccc(F)c1)NCCCCn1ccnc1C.I. The molecule has 1 aromatic carbocycles. The van der Waals surface area contributed by atoms with Crippen LogP contribution in [0.5, 0.6) is 5.75 Å². The second-order valence-corrected chi connectivity index (χ2v) is 6.63. The highest BCUT2D eigenvalue weighted by Crippen LogP contribution is 2.15. The van der Waals surface area contributed by atoms with Gasteiger partial charge in [0.25, 0.3) is 0 Å². The van der Waals surface area contributed by atoms with E-state index in [2.05, 4.69) is 25.2 Å². The maximum Gasteiger partial charge on any atom is 0.191 e. The van der Waals surface area contributed by atoms with Crippen LogP contribution in [0.2, 0.25) is 0 Å². The van der Waals surface area contributed by atoms with Gasteiger partial charge >= 0.3 is 0 Å². The van der Waals surface area contributed by atoms with Crippen LogP contribution in [-0.2, 0) is 6.54 Å². The number of hydrogen-bond donors (Lipinski definition) is 2. The number of halogens is 2. The fraction of sp³-hybridized carbons (Fsp3) is 0.524. The molecule has 2 rings (SSSR count). The molecule has 0 radical (unpaired) electrons. The first-order valence-electron chi connectivity index (χ1n) is 10.0. The Morgan fingerprint density at radius 1 is 1.28 bits per heavy atom. The monoisotopic (exact) mass is 517 g/mol. The standard InChI is InChI=1S/C21H32FN5O.HI/c1-4-19(28-20-10-8-9-18(22)15-20)16-26-21(23-5-2)25-11-6-7-13-27-14-12-24-17(27)3;/h8-10,12,14-15,19H,4-7,11,13,16H2,1-3H3,(H2,23,25,26);1H. The summed E-state index contributed by atoms with van der Waals surface area (Å²) in [5.74, 6) is 2.07. The van der Waals surface area contributed by atoms with Gasteiger partial charge in [0.1, 0.15) is 23.5 Å². The van der Waals surface area contributed by atoms with Crippen molar-refractivity contribution in [1.29, 1.82) is 0 Å². The average Bonchev–Trinajstić information content (AvgIpc) is 3.09. The summed E-state index contributed by atoms with van der Waals surface area (Å²) in [4.78, 5) is 8.86. The first-order chi connectivity index (χ1) is 13.6. The van der Waals surface area contributed by atoms with Crippen LogP contribution in [0.1, 0.15) is 38.9 Å². The van der Waals surface area contributed by atoms with Gasteiger partial charge in [-0.25, -0.2) is 14.4 Å². The molecule has 1 unspecified atom stereocenters. The summed E-state index contributed by atoms with van der Waals surface area (Å²) in [6.07, 6.45) is 6.66. The number of aliphatic imine (C=N–C) groups is 1. The Hall–Kier alpha value is -1.84. The molecule has 6 nitrogen and oxygen atoms in total. The van der Waals surface area contributed by atoms with E-state index in [0.717, 1.165) is 50.7 Å². The van der Waals surface area contributed by atoms with Gasteiger partial charge in [0.05, 0.1) is 6.54 Å². The van der Waals surface area contributed by atoms with Crippen molar-refractivity contribution in [3.8, 4) is 5.75 Å². The molecule has 1 aromatic heterocycles. The highest BCUT2D eigenvalue weighted by atomic mass is 127. The number of nitrogens with zero attached hydrogens (tertiary/aromatic N) is 3. The Morgan fingerprint density at radius 2 is 2.10 bits per heavy atom. The lowest BCUT2D eigenvalue weighted by Gasteiger charge is -2.17. The highest BCUT2D eigenvalue weighted by Gasteiger charge is 2.09. The lowest BCUT2D eigenvalue weighted by molar-refractivity contribution is 0.205. The number of imidazole rings is 1. The second-order valence-electron chi connectivity index (χ2n) is 6.63. The van der Waals surface area contributed by atoms with E-state index < -0.39 is 0 Å². The van der Waals surface area contributed by atoms with E-state index in [9.17, 15) is 4.39 Å². The normalized spacial score (nSPS) is 12.2. The van der Waals surface area contributed by atoms with Crippen molar-refractivity contribution in [3.63, 3.8) is 0 Å². The average molecular weight is 517 g/mol. The topological polar surface area (TPSA) is 63.5 Å². The van der Waals surface area contributed by atoms with Crippen LogP contribution in [0.25, 0.3) is 0 Å². The fourth-order valence-corrected chi connectivity index (χ4v) is 2.77. The van der Waals surface area contributed by atoms with Gasteiger partial charge in [0.2, 0.25) is 0 Å². The smallest absolute Gasteiger partial charge is 0.191 e. The molecule has 0 spiro atoms. The Kier molecular flexibility index (Phi) is 12.3. The Labute approximate surface area is 190 Å². The van der Waals surface area contributed by atoms with E-state index in [1.54, 1.807) is 12.1 Å². The van der Waals surface area contributed by atoms with Crippen LogP contribution in [0.3, 0.4) is 0 Å². The van der Waals surface area contributed by atoms with E-state index in [1.807, 2.05) is 33.2 Å². The largest absolute Gasteiger partial charge is 0.488 e. The predicted molar refractivity (Wildman–Crippen MR) is 127 cm³/mol. The molecule has 8 heteroatoms. The van der Waals surface area contributed by atoms with Crippen molar-refractivity contribution < 1.29 is 9.13 Å². The number of ether oxygens (including phenoxy) is 1. The third-order valence-corrected chi connectivity index (χ3v) is 4.39. The van der Waals surface area contributed by atoms with Crippen molar-refractivity contribution >= 4 is 29.9 Å². The van der Waals surface area contributed by atoms with Gasteiger partial charge in [0.15, 0.2) is 5.96 Å². The summed E-state index contributed by atoms with van der Waals surface area (Å²) in [7, 11) is 0. The Bertz CT molecular complexity index is 737. The van der Waals surface area contributed by atoms with Crippen molar-refractivity contribution in [2.24, 2.45) is 4.99 Å². The molecular weight excluding hydrogens is 484 g/mol. The molecule has 0 aliphatic carbocycles. The molecule has 0 saturated heterocycles. The van der Waals surface area contributed by atoms with Crippen LogP contribution in [-0.4, -0.2) is 41.2 Å². The summed E-state index contributed by atoms with van der Waals surface area (Å²) in [5.41, 5.74) is 0. The molecule has 0 saturated carbocycles. The zero-order valence-corrected chi connectivity index (χ0v) is 19.9. The molecule has 0 amide bonds. The molecule has 0 bridgehead atoms. The number of aryl methyl sites for hydroxylation is 2. The zero-order chi connectivity index (χ0) is 20.2. The van der Waals surface area contributed by atoms with Gasteiger partial charge in [0, 0.05) is 38.1 Å². The number of unbranched alkanes of at least 4 members (excludes halogenated alkanes) is 1. The number of rotatable bonds is 11. The van der Waals surface area contributed by atoms with E-state index in [-0.39, 0.29) is 35.9 Å². The minimum Gasteiger partial charge on any atom is -0.488 e. The number of aromatic nitrogens is 2. The molecular formula is C21H33FIN5O. The molecule has 162 valence electrons. The zero-order valence-electron chi connectivity index (χ0n) is 17.5. The lowest BCUT2D eigenvalue weighted by Crippen LogP contribution is -2.38. The number of nitrogens with one attached hydrogen (secondary N) is 2. The summed E-state index contributed by atoms with van der Waals surface area (Å²) in [6.45, 7) is 9.22. The molecule has 0 aliphatic rings. The molecule has 0 aliphatic heterocycles. The van der Waals surface area contributed by atoms with Gasteiger partial charge in [-0.1, -0.05) is 13.0 Å². The Balaban J connectivity index is 0.00000420. The van der Waals surface area contributed by atoms with E-state index >= 15 is 0 Å². The van der Waals surface area contributed by atoms with Crippen LogP contribution in [0, 0.1) is 12.7 Å². The van der Waals surface area contributed by atoms with Crippen molar-refractivity contribution in [2.45, 2.75) is 52.7 Å². The predicted octanol–water partition coefficient (Wildman–Crippen LogP) is 4.14. The maximum absolute atomic E-state index is 13.3. The second kappa shape index (κ2) is 14.2. The van der Waals surface area contributed by atoms with E-state index in [1.165, 1.54) is 12.1 Å². The molecule has 0 fully saturated rings. The quantitative estimate of drug-likeness (QED) is 0.204.